The van der Waals surface area contributed by atoms with Crippen LogP contribution in [0.3, 0.4) is 0 Å². The number of allylic oxidation sites excluding steroid dienone is 3. The standard InChI is InChI=1S/C36H67NO8/c1-3-5-7-9-11-13-14-15-16-17-18-20-22-24-26-32(40)37-29(30(39)25-23-21-19-12-10-8-6-4-2)28-44-36-35(43)34(42)33(41)31(27-38)45-36/h14-15,23,25,29-31,33-36,38-39,41-43H,3-13,16-22,24,26-28H2,1-2H3,(H,37,40)/b15-14-,25-23+. The Kier molecular flexibility index (Phi) is 25.7. The van der Waals surface area contributed by atoms with Gasteiger partial charge in [0.15, 0.2) is 6.29 Å². The van der Waals surface area contributed by atoms with E-state index in [4.69, 9.17) is 9.47 Å². The number of amides is 1. The topological polar surface area (TPSA) is 149 Å². The fourth-order valence-corrected chi connectivity index (χ4v) is 5.50. The van der Waals surface area contributed by atoms with Gasteiger partial charge in [0.25, 0.3) is 0 Å². The lowest BCUT2D eigenvalue weighted by molar-refractivity contribution is -0.302. The van der Waals surface area contributed by atoms with E-state index in [1.165, 1.54) is 64.2 Å². The first-order chi connectivity index (χ1) is 21.8. The molecule has 1 fully saturated rings. The summed E-state index contributed by atoms with van der Waals surface area (Å²) in [6.07, 6.45) is 22.3. The Morgan fingerprint density at radius 1 is 0.733 bits per heavy atom. The normalized spacial score (nSPS) is 23.6. The van der Waals surface area contributed by atoms with Crippen LogP contribution in [0.4, 0.5) is 0 Å². The van der Waals surface area contributed by atoms with Gasteiger partial charge < -0.3 is 40.3 Å². The number of hydrogen-bond acceptors (Lipinski definition) is 8. The number of carbonyl (C=O) groups is 1. The summed E-state index contributed by atoms with van der Waals surface area (Å²) in [4.78, 5) is 12.8. The van der Waals surface area contributed by atoms with Gasteiger partial charge in [0, 0.05) is 6.42 Å². The molecule has 0 aromatic rings. The molecule has 0 bridgehead atoms. The van der Waals surface area contributed by atoms with E-state index < -0.39 is 49.5 Å². The second kappa shape index (κ2) is 27.8. The molecule has 45 heavy (non-hydrogen) atoms. The molecule has 1 rings (SSSR count). The first-order valence-electron chi connectivity index (χ1n) is 18.1. The molecule has 0 spiro atoms. The monoisotopic (exact) mass is 641 g/mol. The molecular weight excluding hydrogens is 574 g/mol. The maximum Gasteiger partial charge on any atom is 0.220 e. The molecule has 264 valence electrons. The molecule has 0 aromatic carbocycles. The molecule has 1 saturated heterocycles. The highest BCUT2D eigenvalue weighted by Gasteiger charge is 2.44. The molecular formula is C36H67NO8. The van der Waals surface area contributed by atoms with Gasteiger partial charge in [0.05, 0.1) is 25.4 Å². The number of aliphatic hydroxyl groups excluding tert-OH is 5. The summed E-state index contributed by atoms with van der Waals surface area (Å²) in [5.41, 5.74) is 0. The van der Waals surface area contributed by atoms with Crippen molar-refractivity contribution >= 4 is 5.91 Å². The highest BCUT2D eigenvalue weighted by atomic mass is 16.7. The summed E-state index contributed by atoms with van der Waals surface area (Å²) in [7, 11) is 0. The minimum atomic E-state index is -1.56. The largest absolute Gasteiger partial charge is 0.394 e. The molecule has 0 radical (unpaired) electrons. The molecule has 0 aliphatic carbocycles. The van der Waals surface area contributed by atoms with Gasteiger partial charge in [-0.3, -0.25) is 4.79 Å². The molecule has 1 heterocycles. The third kappa shape index (κ3) is 19.8. The van der Waals surface area contributed by atoms with Crippen LogP contribution in [0.1, 0.15) is 142 Å². The Bertz CT molecular complexity index is 761. The van der Waals surface area contributed by atoms with Gasteiger partial charge in [-0.15, -0.1) is 0 Å². The van der Waals surface area contributed by atoms with Crippen molar-refractivity contribution in [1.29, 1.82) is 0 Å². The van der Waals surface area contributed by atoms with E-state index in [9.17, 15) is 30.3 Å². The van der Waals surface area contributed by atoms with E-state index in [1.807, 2.05) is 6.08 Å². The zero-order valence-electron chi connectivity index (χ0n) is 28.4. The Balaban J connectivity index is 2.46. The fourth-order valence-electron chi connectivity index (χ4n) is 5.50. The van der Waals surface area contributed by atoms with E-state index in [0.29, 0.717) is 6.42 Å². The average molecular weight is 642 g/mol. The molecule has 7 unspecified atom stereocenters. The van der Waals surface area contributed by atoms with Crippen LogP contribution >= 0.6 is 0 Å². The van der Waals surface area contributed by atoms with Gasteiger partial charge in [-0.25, -0.2) is 0 Å². The van der Waals surface area contributed by atoms with Crippen LogP contribution in [-0.2, 0) is 14.3 Å². The minimum absolute atomic E-state index is 0.191. The third-order valence-electron chi connectivity index (χ3n) is 8.52. The van der Waals surface area contributed by atoms with Crippen LogP contribution < -0.4 is 5.32 Å². The van der Waals surface area contributed by atoms with Gasteiger partial charge in [0.1, 0.15) is 24.4 Å². The van der Waals surface area contributed by atoms with Crippen LogP contribution in [0.15, 0.2) is 24.3 Å². The van der Waals surface area contributed by atoms with E-state index in [0.717, 1.165) is 57.8 Å². The van der Waals surface area contributed by atoms with Crippen molar-refractivity contribution < 1.29 is 39.8 Å². The second-order valence-corrected chi connectivity index (χ2v) is 12.7. The molecule has 0 aromatic heterocycles. The highest BCUT2D eigenvalue weighted by molar-refractivity contribution is 5.76. The number of rotatable bonds is 28. The first kappa shape index (κ1) is 41.7. The second-order valence-electron chi connectivity index (χ2n) is 12.7. The first-order valence-corrected chi connectivity index (χ1v) is 18.1. The number of nitrogens with one attached hydrogen (secondary N) is 1. The van der Waals surface area contributed by atoms with Crippen LogP contribution in [0.25, 0.3) is 0 Å². The van der Waals surface area contributed by atoms with Gasteiger partial charge >= 0.3 is 0 Å². The smallest absolute Gasteiger partial charge is 0.220 e. The third-order valence-corrected chi connectivity index (χ3v) is 8.52. The van der Waals surface area contributed by atoms with Crippen molar-refractivity contribution in [1.82, 2.24) is 5.32 Å². The van der Waals surface area contributed by atoms with Gasteiger partial charge in [0.2, 0.25) is 5.91 Å². The summed E-state index contributed by atoms with van der Waals surface area (Å²) >= 11 is 0. The maximum atomic E-state index is 12.8. The van der Waals surface area contributed by atoms with E-state index in [-0.39, 0.29) is 12.5 Å². The number of aliphatic hydroxyl groups is 5. The number of unbranched alkanes of at least 4 members (excludes halogenated alkanes) is 16. The fraction of sp³-hybridized carbons (Fsp3) is 0.861. The van der Waals surface area contributed by atoms with Crippen molar-refractivity contribution in [3.05, 3.63) is 24.3 Å². The summed E-state index contributed by atoms with van der Waals surface area (Å²) in [6, 6.07) is -0.802. The predicted octanol–water partition coefficient (Wildman–Crippen LogP) is 5.60. The Labute approximate surface area is 273 Å². The Hall–Kier alpha value is -1.33. The summed E-state index contributed by atoms with van der Waals surface area (Å²) in [5.74, 6) is -0.192. The Morgan fingerprint density at radius 2 is 1.24 bits per heavy atom. The maximum absolute atomic E-state index is 12.8. The lowest BCUT2D eigenvalue weighted by Crippen LogP contribution is -2.60. The van der Waals surface area contributed by atoms with Crippen molar-refractivity contribution in [2.75, 3.05) is 13.2 Å². The van der Waals surface area contributed by atoms with Crippen molar-refractivity contribution in [2.45, 2.75) is 185 Å². The molecule has 1 amide bonds. The van der Waals surface area contributed by atoms with Gasteiger partial charge in [-0.2, -0.15) is 0 Å². The number of ether oxygens (including phenoxy) is 2. The van der Waals surface area contributed by atoms with Crippen LogP contribution in [0.5, 0.6) is 0 Å². The van der Waals surface area contributed by atoms with Gasteiger partial charge in [-0.1, -0.05) is 115 Å². The molecule has 9 heteroatoms. The van der Waals surface area contributed by atoms with Crippen molar-refractivity contribution in [3.63, 3.8) is 0 Å². The molecule has 7 atom stereocenters. The highest BCUT2D eigenvalue weighted by Crippen LogP contribution is 2.22. The summed E-state index contributed by atoms with van der Waals surface area (Å²) < 4.78 is 11.1. The zero-order chi connectivity index (χ0) is 33.1. The lowest BCUT2D eigenvalue weighted by atomic mass is 9.99. The minimum Gasteiger partial charge on any atom is -0.394 e. The van der Waals surface area contributed by atoms with E-state index in [2.05, 4.69) is 31.3 Å². The van der Waals surface area contributed by atoms with E-state index in [1.54, 1.807) is 6.08 Å². The Morgan fingerprint density at radius 3 is 1.80 bits per heavy atom. The zero-order valence-corrected chi connectivity index (χ0v) is 28.4. The van der Waals surface area contributed by atoms with Crippen LogP contribution in [0, 0.1) is 0 Å². The quantitative estimate of drug-likeness (QED) is 0.0478. The number of carbonyl (C=O) groups excluding carboxylic acids is 1. The van der Waals surface area contributed by atoms with Gasteiger partial charge in [-0.05, 0) is 44.9 Å². The van der Waals surface area contributed by atoms with Crippen molar-refractivity contribution in [2.24, 2.45) is 0 Å². The lowest BCUT2D eigenvalue weighted by Gasteiger charge is -2.40. The molecule has 1 aliphatic rings. The van der Waals surface area contributed by atoms with Crippen LogP contribution in [-0.4, -0.2) is 87.5 Å². The molecule has 0 saturated carbocycles. The van der Waals surface area contributed by atoms with Crippen LogP contribution in [0.2, 0.25) is 0 Å². The molecule has 1 aliphatic heterocycles. The summed E-state index contributed by atoms with van der Waals surface area (Å²) in [5, 5.41) is 53.6. The molecule has 9 nitrogen and oxygen atoms in total. The summed E-state index contributed by atoms with van der Waals surface area (Å²) in [6.45, 7) is 3.68. The SMILES string of the molecule is CCCCCCC/C=C\CCCCCCCC(=O)NC(COC1OC(CO)C(O)C(O)C1O)C(O)/C=C/CCCCCCCC. The predicted molar refractivity (Wildman–Crippen MR) is 180 cm³/mol. The van der Waals surface area contributed by atoms with Crippen molar-refractivity contribution in [3.8, 4) is 0 Å². The average Bonchev–Trinajstić information content (AvgIpc) is 3.04. The molecule has 6 N–H and O–H groups in total. The number of hydrogen-bond donors (Lipinski definition) is 6. The van der Waals surface area contributed by atoms with E-state index >= 15 is 0 Å².